The van der Waals surface area contributed by atoms with Gasteiger partial charge in [0.25, 0.3) is 0 Å². The van der Waals surface area contributed by atoms with Gasteiger partial charge in [-0.3, -0.25) is 4.90 Å². The Balaban J connectivity index is 2.58. The number of hydrogen-bond acceptors (Lipinski definition) is 2. The van der Waals surface area contributed by atoms with Crippen LogP contribution in [0.15, 0.2) is 10.9 Å². The first kappa shape index (κ1) is 13.4. The number of rotatable bonds is 1. The summed E-state index contributed by atoms with van der Waals surface area (Å²) in [5.74, 6) is 0. The maximum atomic E-state index is 11.5. The molecule has 6 heteroatoms. The third-order valence-corrected chi connectivity index (χ3v) is 4.25. The second-order valence-electron chi connectivity index (χ2n) is 5.74. The van der Waals surface area contributed by atoms with E-state index in [2.05, 4.69) is 46.7 Å². The second kappa shape index (κ2) is 4.26. The number of hydrogen-bond donors (Lipinski definition) is 2. The largest absolute Gasteiger partial charge is 0.465 e. The van der Waals surface area contributed by atoms with Crippen molar-refractivity contribution in [2.24, 2.45) is 5.41 Å². The lowest BCUT2D eigenvalue weighted by atomic mass is 9.70. The number of aromatic amines is 1. The van der Waals surface area contributed by atoms with Gasteiger partial charge in [-0.05, 0) is 34.2 Å². The van der Waals surface area contributed by atoms with E-state index in [9.17, 15) is 9.90 Å². The highest BCUT2D eigenvalue weighted by molar-refractivity contribution is 9.10. The lowest BCUT2D eigenvalue weighted by molar-refractivity contribution is 0.0247. The Morgan fingerprint density at radius 3 is 2.72 bits per heavy atom. The normalized spacial score (nSPS) is 24.6. The highest BCUT2D eigenvalue weighted by Gasteiger charge is 2.54. The molecule has 2 rings (SSSR count). The summed E-state index contributed by atoms with van der Waals surface area (Å²) in [6.07, 6.45) is 2.56. The minimum absolute atomic E-state index is 0.201. The molecule has 18 heavy (non-hydrogen) atoms. The number of H-pyrrole nitrogens is 1. The van der Waals surface area contributed by atoms with Crippen LogP contribution < -0.4 is 0 Å². The summed E-state index contributed by atoms with van der Waals surface area (Å²) in [5, 5.41) is 9.46. The van der Waals surface area contributed by atoms with E-state index < -0.39 is 11.6 Å². The van der Waals surface area contributed by atoms with Crippen molar-refractivity contribution < 1.29 is 9.90 Å². The molecule has 1 aliphatic rings. The molecule has 2 heterocycles. The standard InChI is InChI=1S/C12H18BrN3O2/c1-11(2,3)12(8-7-14-9(13)15-8)5-4-6-16(12)10(17)18/h7H,4-6H2,1-3H3,(H,14,15)(H,17,18). The number of halogens is 1. The van der Waals surface area contributed by atoms with Crippen molar-refractivity contribution in [2.75, 3.05) is 6.54 Å². The first-order chi connectivity index (χ1) is 8.29. The van der Waals surface area contributed by atoms with Crippen LogP contribution in [0.25, 0.3) is 0 Å². The fourth-order valence-electron chi connectivity index (χ4n) is 3.05. The zero-order chi connectivity index (χ0) is 13.6. The average Bonchev–Trinajstić information content (AvgIpc) is 2.81. The van der Waals surface area contributed by atoms with Gasteiger partial charge in [-0.2, -0.15) is 0 Å². The SMILES string of the molecule is CC(C)(C)C1(c2cnc(Br)[nH]2)CCCN1C(=O)O. The van der Waals surface area contributed by atoms with Crippen molar-refractivity contribution in [3.63, 3.8) is 0 Å². The number of likely N-dealkylation sites (tertiary alicyclic amines) is 1. The van der Waals surface area contributed by atoms with E-state index in [1.54, 1.807) is 11.1 Å². The van der Waals surface area contributed by atoms with Gasteiger partial charge < -0.3 is 10.1 Å². The molecule has 1 saturated heterocycles. The summed E-state index contributed by atoms with van der Waals surface area (Å²) in [6.45, 7) is 6.79. The monoisotopic (exact) mass is 315 g/mol. The Bertz CT molecular complexity index is 466. The summed E-state index contributed by atoms with van der Waals surface area (Å²) in [4.78, 5) is 20.4. The summed E-state index contributed by atoms with van der Waals surface area (Å²) in [6, 6.07) is 0. The van der Waals surface area contributed by atoms with Crippen molar-refractivity contribution in [3.8, 4) is 0 Å². The molecule has 1 aromatic rings. The van der Waals surface area contributed by atoms with Gasteiger partial charge >= 0.3 is 6.09 Å². The number of nitrogens with one attached hydrogen (secondary N) is 1. The molecule has 0 aliphatic carbocycles. The smallest absolute Gasteiger partial charge is 0.408 e. The van der Waals surface area contributed by atoms with Crippen LogP contribution in [-0.4, -0.2) is 32.6 Å². The quantitative estimate of drug-likeness (QED) is 0.836. The van der Waals surface area contributed by atoms with Crippen LogP contribution in [-0.2, 0) is 5.54 Å². The Labute approximate surface area is 115 Å². The molecular weight excluding hydrogens is 298 g/mol. The van der Waals surface area contributed by atoms with Gasteiger partial charge in [0.1, 0.15) is 0 Å². The second-order valence-corrected chi connectivity index (χ2v) is 6.49. The van der Waals surface area contributed by atoms with E-state index in [1.807, 2.05) is 0 Å². The molecule has 0 aromatic carbocycles. The molecule has 1 unspecified atom stereocenters. The molecule has 1 atom stereocenters. The molecule has 1 aromatic heterocycles. The summed E-state index contributed by atoms with van der Waals surface area (Å²) in [5.41, 5.74) is 0.132. The molecule has 0 bridgehead atoms. The van der Waals surface area contributed by atoms with Crippen LogP contribution in [0.3, 0.4) is 0 Å². The highest BCUT2D eigenvalue weighted by atomic mass is 79.9. The number of carbonyl (C=O) groups is 1. The van der Waals surface area contributed by atoms with E-state index in [0.29, 0.717) is 11.3 Å². The van der Waals surface area contributed by atoms with Gasteiger partial charge in [0, 0.05) is 6.54 Å². The Kier molecular flexibility index (Phi) is 3.17. The molecule has 100 valence electrons. The number of carboxylic acid groups (broad SMARTS) is 1. The number of aromatic nitrogens is 2. The molecule has 0 saturated carbocycles. The average molecular weight is 316 g/mol. The minimum Gasteiger partial charge on any atom is -0.465 e. The van der Waals surface area contributed by atoms with Crippen molar-refractivity contribution in [3.05, 3.63) is 16.6 Å². The van der Waals surface area contributed by atoms with Crippen LogP contribution in [0, 0.1) is 5.41 Å². The van der Waals surface area contributed by atoms with Gasteiger partial charge in [-0.1, -0.05) is 20.8 Å². The van der Waals surface area contributed by atoms with Crippen molar-refractivity contribution in [2.45, 2.75) is 39.2 Å². The first-order valence-corrected chi connectivity index (χ1v) is 6.80. The number of nitrogens with zero attached hydrogens (tertiary/aromatic N) is 2. The predicted molar refractivity (Wildman–Crippen MR) is 71.4 cm³/mol. The van der Waals surface area contributed by atoms with E-state index in [4.69, 9.17) is 0 Å². The van der Waals surface area contributed by atoms with E-state index in [-0.39, 0.29) is 5.41 Å². The van der Waals surface area contributed by atoms with Gasteiger partial charge in [0.05, 0.1) is 17.4 Å². The van der Waals surface area contributed by atoms with Crippen molar-refractivity contribution >= 4 is 22.0 Å². The van der Waals surface area contributed by atoms with E-state index in [0.717, 1.165) is 18.5 Å². The topological polar surface area (TPSA) is 69.2 Å². The third kappa shape index (κ3) is 1.83. The Morgan fingerprint density at radius 2 is 2.28 bits per heavy atom. The van der Waals surface area contributed by atoms with Gasteiger partial charge in [0.2, 0.25) is 0 Å². The molecular formula is C12H18BrN3O2. The van der Waals surface area contributed by atoms with Crippen LogP contribution in [0.1, 0.15) is 39.3 Å². The molecule has 1 fully saturated rings. The number of amides is 1. The number of imidazole rings is 1. The van der Waals surface area contributed by atoms with Gasteiger partial charge in [-0.25, -0.2) is 9.78 Å². The minimum atomic E-state index is -0.867. The zero-order valence-corrected chi connectivity index (χ0v) is 12.4. The zero-order valence-electron chi connectivity index (χ0n) is 10.8. The van der Waals surface area contributed by atoms with E-state index in [1.165, 1.54) is 0 Å². The first-order valence-electron chi connectivity index (χ1n) is 6.00. The Hall–Kier alpha value is -1.04. The summed E-state index contributed by atoms with van der Waals surface area (Å²) >= 11 is 3.29. The fraction of sp³-hybridized carbons (Fsp3) is 0.667. The summed E-state index contributed by atoms with van der Waals surface area (Å²) in [7, 11) is 0. The highest BCUT2D eigenvalue weighted by Crippen LogP contribution is 2.50. The van der Waals surface area contributed by atoms with Crippen LogP contribution in [0.5, 0.6) is 0 Å². The molecule has 0 spiro atoms. The molecule has 1 amide bonds. The van der Waals surface area contributed by atoms with Crippen molar-refractivity contribution in [1.29, 1.82) is 0 Å². The lowest BCUT2D eigenvalue weighted by Gasteiger charge is -2.46. The van der Waals surface area contributed by atoms with Gasteiger partial charge in [0.15, 0.2) is 4.73 Å². The molecule has 1 aliphatic heterocycles. The van der Waals surface area contributed by atoms with E-state index >= 15 is 0 Å². The van der Waals surface area contributed by atoms with Crippen LogP contribution in [0.4, 0.5) is 4.79 Å². The Morgan fingerprint density at radius 1 is 1.61 bits per heavy atom. The molecule has 5 nitrogen and oxygen atoms in total. The van der Waals surface area contributed by atoms with Gasteiger partial charge in [-0.15, -0.1) is 0 Å². The predicted octanol–water partition coefficient (Wildman–Crippen LogP) is 3.19. The lowest BCUT2D eigenvalue weighted by Crippen LogP contribution is -2.53. The van der Waals surface area contributed by atoms with Crippen molar-refractivity contribution in [1.82, 2.24) is 14.9 Å². The van der Waals surface area contributed by atoms with Crippen LogP contribution in [0.2, 0.25) is 0 Å². The summed E-state index contributed by atoms with van der Waals surface area (Å²) < 4.78 is 0.637. The molecule has 0 radical (unpaired) electrons. The van der Waals surface area contributed by atoms with Crippen LogP contribution >= 0.6 is 15.9 Å². The third-order valence-electron chi connectivity index (χ3n) is 3.84. The maximum absolute atomic E-state index is 11.5. The fourth-order valence-corrected chi connectivity index (χ4v) is 3.36. The molecule has 2 N–H and O–H groups in total. The maximum Gasteiger partial charge on any atom is 0.408 e.